The number of carboxylic acid groups (broad SMARTS) is 1. The molecule has 9 nitrogen and oxygen atoms in total. The Morgan fingerprint density at radius 1 is 1.21 bits per heavy atom. The molecule has 0 aliphatic carbocycles. The maximum absolute atomic E-state index is 14.3. The number of halogens is 1. The number of hydrogen-bond acceptors (Lipinski definition) is 7. The van der Waals surface area contributed by atoms with Crippen LogP contribution in [0, 0.1) is 17.1 Å². The lowest BCUT2D eigenvalue weighted by Crippen LogP contribution is -2.36. The smallest absolute Gasteiger partial charge is 0.335 e. The molecule has 0 radical (unpaired) electrons. The number of pyridine rings is 1. The number of piperidine rings is 1. The zero-order chi connectivity index (χ0) is 29.2. The minimum atomic E-state index is -0.969. The quantitative estimate of drug-likeness (QED) is 0.270. The van der Waals surface area contributed by atoms with Gasteiger partial charge in [0.25, 0.3) is 0 Å². The molecular weight excluding hydrogens is 535 g/mol. The monoisotopic (exact) mass is 566 g/mol. The molecule has 2 aliphatic rings. The highest BCUT2D eigenvalue weighted by atomic mass is 19.1. The second kappa shape index (κ2) is 11.6. The van der Waals surface area contributed by atoms with Gasteiger partial charge in [-0.3, -0.25) is 9.47 Å². The number of carbonyl (C=O) groups is 1. The molecule has 4 heterocycles. The van der Waals surface area contributed by atoms with Crippen LogP contribution < -0.4 is 5.32 Å². The van der Waals surface area contributed by atoms with E-state index in [0.29, 0.717) is 29.5 Å². The van der Waals surface area contributed by atoms with Crippen LogP contribution in [0.4, 0.5) is 10.2 Å². The van der Waals surface area contributed by atoms with Gasteiger partial charge in [-0.25, -0.2) is 19.2 Å². The molecule has 0 amide bonds. The van der Waals surface area contributed by atoms with Crippen molar-refractivity contribution < 1.29 is 19.0 Å². The highest BCUT2D eigenvalue weighted by molar-refractivity contribution is 5.93. The van der Waals surface area contributed by atoms with Crippen LogP contribution in [0.1, 0.15) is 71.1 Å². The van der Waals surface area contributed by atoms with Gasteiger partial charge >= 0.3 is 5.97 Å². The van der Waals surface area contributed by atoms with E-state index in [2.05, 4.69) is 17.1 Å². The van der Waals surface area contributed by atoms with Crippen LogP contribution in [0.2, 0.25) is 0 Å². The van der Waals surface area contributed by atoms with Crippen LogP contribution in [0.3, 0.4) is 0 Å². The number of carboxylic acids is 1. The Balaban J connectivity index is 1.14. The van der Waals surface area contributed by atoms with E-state index < -0.39 is 11.8 Å². The average molecular weight is 567 g/mol. The van der Waals surface area contributed by atoms with Gasteiger partial charge in [-0.15, -0.1) is 0 Å². The number of anilines is 1. The molecule has 1 atom stereocenters. The van der Waals surface area contributed by atoms with Crippen molar-refractivity contribution in [3.63, 3.8) is 0 Å². The number of aromatic nitrogens is 3. The van der Waals surface area contributed by atoms with Gasteiger partial charge in [0, 0.05) is 36.3 Å². The highest BCUT2D eigenvalue weighted by Gasteiger charge is 2.29. The Morgan fingerprint density at radius 3 is 2.71 bits per heavy atom. The molecule has 4 aromatic rings. The molecule has 2 aromatic heterocycles. The number of nitriles is 1. The molecule has 0 saturated carbocycles. The topological polar surface area (TPSA) is 116 Å². The fourth-order valence-corrected chi connectivity index (χ4v) is 5.61. The minimum absolute atomic E-state index is 0.00633. The van der Waals surface area contributed by atoms with Crippen molar-refractivity contribution >= 4 is 29.0 Å². The van der Waals surface area contributed by atoms with Crippen LogP contribution in [-0.2, 0) is 11.3 Å². The Bertz CT molecular complexity index is 1710. The molecule has 2 fully saturated rings. The summed E-state index contributed by atoms with van der Waals surface area (Å²) in [6.07, 6.45) is 4.65. The van der Waals surface area contributed by atoms with Crippen LogP contribution in [-0.4, -0.2) is 50.2 Å². The summed E-state index contributed by atoms with van der Waals surface area (Å²) >= 11 is 0. The summed E-state index contributed by atoms with van der Waals surface area (Å²) in [5.41, 5.74) is 3.52. The molecular formula is C32H31FN6O3. The summed E-state index contributed by atoms with van der Waals surface area (Å²) < 4.78 is 21.9. The second-order valence-electron chi connectivity index (χ2n) is 10.7. The Morgan fingerprint density at radius 2 is 2.02 bits per heavy atom. The number of hydrogen-bond donors (Lipinski definition) is 2. The summed E-state index contributed by atoms with van der Waals surface area (Å²) in [6, 6.07) is 17.4. The van der Waals surface area contributed by atoms with Gasteiger partial charge in [-0.2, -0.15) is 5.26 Å². The molecule has 0 spiro atoms. The van der Waals surface area contributed by atoms with Gasteiger partial charge < -0.3 is 15.2 Å². The lowest BCUT2D eigenvalue weighted by Gasteiger charge is -2.35. The fraction of sp³-hybridized carbons (Fsp3) is 0.312. The first-order chi connectivity index (χ1) is 20.4. The molecule has 0 bridgehead atoms. The van der Waals surface area contributed by atoms with Crippen molar-refractivity contribution in [2.75, 3.05) is 25.0 Å². The summed E-state index contributed by atoms with van der Waals surface area (Å²) in [4.78, 5) is 23.8. The van der Waals surface area contributed by atoms with E-state index in [4.69, 9.17) is 20.0 Å². The number of fused-ring (bicyclic) bond motifs is 1. The second-order valence-corrected chi connectivity index (χ2v) is 10.7. The molecule has 2 aromatic carbocycles. The highest BCUT2D eigenvalue weighted by Crippen LogP contribution is 2.34. The van der Waals surface area contributed by atoms with E-state index in [1.165, 1.54) is 6.07 Å². The fourth-order valence-electron chi connectivity index (χ4n) is 5.61. The SMILES string of the molecule is C[C@@H](c1nc2ccc(C(=O)O)cc2n1C=C1CCO1)N1CCC(c2cccc(NCc3ccc(C#N)cc3F)n2)CC1. The van der Waals surface area contributed by atoms with Crippen molar-refractivity contribution in [3.05, 3.63) is 94.4 Å². The molecule has 10 heteroatoms. The first-order valence-electron chi connectivity index (χ1n) is 14.1. The maximum atomic E-state index is 14.3. The van der Waals surface area contributed by atoms with E-state index in [9.17, 15) is 14.3 Å². The molecule has 42 heavy (non-hydrogen) atoms. The molecule has 2 N–H and O–H groups in total. The average Bonchev–Trinajstić information content (AvgIpc) is 3.35. The van der Waals surface area contributed by atoms with Gasteiger partial charge in [0.1, 0.15) is 23.2 Å². The Kier molecular flexibility index (Phi) is 7.59. The van der Waals surface area contributed by atoms with Gasteiger partial charge in [-0.05, 0) is 75.3 Å². The van der Waals surface area contributed by atoms with E-state index >= 15 is 0 Å². The summed E-state index contributed by atoms with van der Waals surface area (Å²) in [7, 11) is 0. The van der Waals surface area contributed by atoms with Crippen molar-refractivity contribution in [3.8, 4) is 6.07 Å². The zero-order valence-corrected chi connectivity index (χ0v) is 23.3. The molecule has 214 valence electrons. The third kappa shape index (κ3) is 5.56. The van der Waals surface area contributed by atoms with Gasteiger partial charge in [0.15, 0.2) is 0 Å². The number of likely N-dealkylation sites (tertiary alicyclic amines) is 1. The van der Waals surface area contributed by atoms with Crippen molar-refractivity contribution in [2.24, 2.45) is 0 Å². The Labute approximate surface area is 242 Å². The number of nitrogens with zero attached hydrogens (tertiary/aromatic N) is 5. The minimum Gasteiger partial charge on any atom is -0.496 e. The normalized spacial score (nSPS) is 17.4. The Hall–Kier alpha value is -4.75. The standard InChI is InChI=1S/C32H31FN6O3/c1-20(31-37-28-8-7-23(32(40)41)16-29(28)39(31)19-25-11-14-42-25)38-12-9-22(10-13-38)27-3-2-4-30(36-27)35-18-24-6-5-21(17-34)15-26(24)33/h2-8,15-16,19-20,22H,9-14,18H2,1H3,(H,35,36)(H,40,41)/t20-/m0/s1. The van der Waals surface area contributed by atoms with E-state index in [1.54, 1.807) is 30.3 Å². The zero-order valence-electron chi connectivity index (χ0n) is 23.3. The predicted octanol–water partition coefficient (Wildman–Crippen LogP) is 5.91. The van der Waals surface area contributed by atoms with E-state index in [-0.39, 0.29) is 18.2 Å². The number of imidazole rings is 1. The largest absolute Gasteiger partial charge is 0.496 e. The number of rotatable bonds is 8. The summed E-state index contributed by atoms with van der Waals surface area (Å²) in [6.45, 7) is 4.83. The molecule has 2 saturated heterocycles. The summed E-state index contributed by atoms with van der Waals surface area (Å²) in [5, 5.41) is 21.7. The lowest BCUT2D eigenvalue weighted by atomic mass is 9.92. The third-order valence-electron chi connectivity index (χ3n) is 8.15. The first kappa shape index (κ1) is 27.4. The molecule has 6 rings (SSSR count). The van der Waals surface area contributed by atoms with Crippen molar-refractivity contribution in [2.45, 2.75) is 44.7 Å². The van der Waals surface area contributed by atoms with Gasteiger partial charge in [-0.1, -0.05) is 12.1 Å². The van der Waals surface area contributed by atoms with Crippen molar-refractivity contribution in [1.82, 2.24) is 19.4 Å². The third-order valence-corrected chi connectivity index (χ3v) is 8.15. The van der Waals surface area contributed by atoms with E-state index in [0.717, 1.165) is 60.7 Å². The van der Waals surface area contributed by atoms with Crippen LogP contribution in [0.15, 0.2) is 60.4 Å². The van der Waals surface area contributed by atoms with Crippen LogP contribution >= 0.6 is 0 Å². The lowest BCUT2D eigenvalue weighted by molar-refractivity contribution is 0.0697. The van der Waals surface area contributed by atoms with Crippen LogP contribution in [0.25, 0.3) is 17.2 Å². The number of ether oxygens (including phenoxy) is 1. The first-order valence-corrected chi connectivity index (χ1v) is 14.1. The van der Waals surface area contributed by atoms with Crippen LogP contribution in [0.5, 0.6) is 0 Å². The van der Waals surface area contributed by atoms with Gasteiger partial charge in [0.2, 0.25) is 0 Å². The van der Waals surface area contributed by atoms with Crippen molar-refractivity contribution in [1.29, 1.82) is 5.26 Å². The molecule has 2 aliphatic heterocycles. The number of nitrogens with one attached hydrogen (secondary N) is 1. The maximum Gasteiger partial charge on any atom is 0.335 e. The summed E-state index contributed by atoms with van der Waals surface area (Å²) in [5.74, 6) is 1.32. The molecule has 0 unspecified atom stereocenters. The number of benzene rings is 2. The van der Waals surface area contributed by atoms with E-state index in [1.807, 2.05) is 35.0 Å². The van der Waals surface area contributed by atoms with Gasteiger partial charge in [0.05, 0.1) is 40.9 Å². The number of aromatic carboxylic acids is 1. The predicted molar refractivity (Wildman–Crippen MR) is 156 cm³/mol.